The first-order valence-corrected chi connectivity index (χ1v) is 10.7. The predicted molar refractivity (Wildman–Crippen MR) is 124 cm³/mol. The highest BCUT2D eigenvalue weighted by molar-refractivity contribution is 9.10. The van der Waals surface area contributed by atoms with Crippen molar-refractivity contribution in [1.29, 1.82) is 0 Å². The number of anilines is 1. The van der Waals surface area contributed by atoms with Crippen LogP contribution in [0, 0.1) is 6.92 Å². The topological polar surface area (TPSA) is 91.0 Å². The van der Waals surface area contributed by atoms with Crippen LogP contribution in [0.25, 0.3) is 5.69 Å². The zero-order valence-electron chi connectivity index (χ0n) is 17.2. The van der Waals surface area contributed by atoms with E-state index in [0.717, 1.165) is 15.9 Å². The standard InChI is InChI=1S/C23H20BrN5O3/c1-16-14-21(29(26-16)18-7-5-6-17(24)15-18)25-23(31)20-10-11-22(30)28(27-20)12-13-32-19-8-3-2-4-9-19/h2-11,14-15H,12-13H2,1H3,(H,25,31). The number of para-hydroxylation sites is 1. The Labute approximate surface area is 192 Å². The number of hydrogen-bond acceptors (Lipinski definition) is 5. The molecule has 2 aromatic heterocycles. The smallest absolute Gasteiger partial charge is 0.277 e. The Kier molecular flexibility index (Phi) is 6.46. The van der Waals surface area contributed by atoms with Crippen LogP contribution >= 0.6 is 15.9 Å². The van der Waals surface area contributed by atoms with Gasteiger partial charge in [-0.05, 0) is 43.3 Å². The zero-order valence-corrected chi connectivity index (χ0v) is 18.8. The van der Waals surface area contributed by atoms with Crippen LogP contribution in [0.15, 0.2) is 82.1 Å². The van der Waals surface area contributed by atoms with Gasteiger partial charge in [0.05, 0.1) is 17.9 Å². The average molecular weight is 494 g/mol. The highest BCUT2D eigenvalue weighted by atomic mass is 79.9. The van der Waals surface area contributed by atoms with Gasteiger partial charge < -0.3 is 10.1 Å². The summed E-state index contributed by atoms with van der Waals surface area (Å²) in [7, 11) is 0. The molecule has 4 aromatic rings. The van der Waals surface area contributed by atoms with E-state index in [0.29, 0.717) is 11.6 Å². The number of nitrogens with one attached hydrogen (secondary N) is 1. The summed E-state index contributed by atoms with van der Waals surface area (Å²) >= 11 is 3.45. The molecule has 0 spiro atoms. The Bertz CT molecular complexity index is 1300. The van der Waals surface area contributed by atoms with Crippen molar-refractivity contribution >= 4 is 27.7 Å². The van der Waals surface area contributed by atoms with Crippen molar-refractivity contribution in [2.24, 2.45) is 0 Å². The van der Waals surface area contributed by atoms with Crippen LogP contribution < -0.4 is 15.6 Å². The molecule has 0 aliphatic heterocycles. The number of rotatable bonds is 7. The maximum Gasteiger partial charge on any atom is 0.277 e. The maximum absolute atomic E-state index is 12.9. The Balaban J connectivity index is 1.50. The van der Waals surface area contributed by atoms with Gasteiger partial charge in [-0.15, -0.1) is 0 Å². The summed E-state index contributed by atoms with van der Waals surface area (Å²) in [5.41, 5.74) is 1.34. The third-order valence-corrected chi connectivity index (χ3v) is 5.03. The first-order valence-electron chi connectivity index (χ1n) is 9.89. The summed E-state index contributed by atoms with van der Waals surface area (Å²) in [5, 5.41) is 11.5. The van der Waals surface area contributed by atoms with E-state index in [4.69, 9.17) is 4.74 Å². The molecule has 0 atom stereocenters. The van der Waals surface area contributed by atoms with Crippen LogP contribution in [0.5, 0.6) is 5.75 Å². The number of halogens is 1. The van der Waals surface area contributed by atoms with Gasteiger partial charge in [-0.25, -0.2) is 9.36 Å². The average Bonchev–Trinajstić information content (AvgIpc) is 3.15. The van der Waals surface area contributed by atoms with Crippen molar-refractivity contribution in [2.45, 2.75) is 13.5 Å². The van der Waals surface area contributed by atoms with E-state index in [1.54, 1.807) is 10.7 Å². The van der Waals surface area contributed by atoms with Crippen LogP contribution in [-0.4, -0.2) is 32.1 Å². The normalized spacial score (nSPS) is 10.7. The molecular formula is C23H20BrN5O3. The van der Waals surface area contributed by atoms with E-state index < -0.39 is 5.91 Å². The van der Waals surface area contributed by atoms with Gasteiger partial charge in [0, 0.05) is 16.6 Å². The van der Waals surface area contributed by atoms with Crippen LogP contribution in [-0.2, 0) is 6.54 Å². The molecular weight excluding hydrogens is 474 g/mol. The molecule has 4 rings (SSSR count). The van der Waals surface area contributed by atoms with Crippen molar-refractivity contribution in [3.63, 3.8) is 0 Å². The molecule has 162 valence electrons. The van der Waals surface area contributed by atoms with Crippen molar-refractivity contribution in [2.75, 3.05) is 11.9 Å². The SMILES string of the molecule is Cc1cc(NC(=O)c2ccc(=O)n(CCOc3ccccc3)n2)n(-c2cccc(Br)c2)n1. The molecule has 0 aliphatic carbocycles. The quantitative estimate of drug-likeness (QED) is 0.422. The number of carbonyl (C=O) groups excluding carboxylic acids is 1. The number of amides is 1. The second-order valence-corrected chi connectivity index (χ2v) is 7.87. The molecule has 9 heteroatoms. The van der Waals surface area contributed by atoms with E-state index in [1.165, 1.54) is 16.8 Å². The lowest BCUT2D eigenvalue weighted by Crippen LogP contribution is -2.28. The molecule has 0 saturated heterocycles. The van der Waals surface area contributed by atoms with Crippen LogP contribution in [0.2, 0.25) is 0 Å². The van der Waals surface area contributed by atoms with E-state index >= 15 is 0 Å². The van der Waals surface area contributed by atoms with Crippen molar-refractivity contribution in [1.82, 2.24) is 19.6 Å². The summed E-state index contributed by atoms with van der Waals surface area (Å²) in [5.74, 6) is 0.752. The fourth-order valence-corrected chi connectivity index (χ4v) is 3.46. The first-order chi connectivity index (χ1) is 15.5. The predicted octanol–water partition coefficient (Wildman–Crippen LogP) is 3.83. The number of ether oxygens (including phenoxy) is 1. The molecule has 2 aromatic carbocycles. The van der Waals surface area contributed by atoms with E-state index in [1.807, 2.05) is 61.5 Å². The minimum absolute atomic E-state index is 0.115. The number of carbonyl (C=O) groups is 1. The summed E-state index contributed by atoms with van der Waals surface area (Å²) in [6.07, 6.45) is 0. The van der Waals surface area contributed by atoms with Crippen molar-refractivity contribution in [3.8, 4) is 11.4 Å². The second-order valence-electron chi connectivity index (χ2n) is 6.96. The molecule has 1 amide bonds. The summed E-state index contributed by atoms with van der Waals surface area (Å²) < 4.78 is 9.38. The molecule has 0 radical (unpaired) electrons. The third kappa shape index (κ3) is 5.12. The number of aryl methyl sites for hydroxylation is 1. The molecule has 0 saturated carbocycles. The van der Waals surface area contributed by atoms with Gasteiger partial charge in [-0.1, -0.05) is 40.2 Å². The highest BCUT2D eigenvalue weighted by Crippen LogP contribution is 2.20. The minimum Gasteiger partial charge on any atom is -0.492 e. The molecule has 0 bridgehead atoms. The Morgan fingerprint density at radius 1 is 1.03 bits per heavy atom. The molecule has 1 N–H and O–H groups in total. The molecule has 2 heterocycles. The van der Waals surface area contributed by atoms with Crippen molar-refractivity contribution in [3.05, 3.63) is 99.0 Å². The van der Waals surface area contributed by atoms with Gasteiger partial charge in [0.1, 0.15) is 23.9 Å². The Morgan fingerprint density at radius 2 is 1.84 bits per heavy atom. The second kappa shape index (κ2) is 9.61. The third-order valence-electron chi connectivity index (χ3n) is 4.54. The minimum atomic E-state index is -0.445. The largest absolute Gasteiger partial charge is 0.492 e. The molecule has 0 fully saturated rings. The van der Waals surface area contributed by atoms with Gasteiger partial charge in [0.15, 0.2) is 0 Å². The van der Waals surface area contributed by atoms with Crippen LogP contribution in [0.3, 0.4) is 0 Å². The lowest BCUT2D eigenvalue weighted by Gasteiger charge is -2.10. The highest BCUT2D eigenvalue weighted by Gasteiger charge is 2.15. The number of hydrogen-bond donors (Lipinski definition) is 1. The van der Waals surface area contributed by atoms with E-state index in [-0.39, 0.29) is 24.4 Å². The maximum atomic E-state index is 12.9. The lowest BCUT2D eigenvalue weighted by atomic mass is 10.3. The van der Waals surface area contributed by atoms with Gasteiger partial charge in [0.25, 0.3) is 11.5 Å². The van der Waals surface area contributed by atoms with Gasteiger partial charge >= 0.3 is 0 Å². The molecule has 0 aliphatic rings. The van der Waals surface area contributed by atoms with Crippen LogP contribution in [0.1, 0.15) is 16.2 Å². The van der Waals surface area contributed by atoms with E-state index in [9.17, 15) is 9.59 Å². The van der Waals surface area contributed by atoms with Gasteiger partial charge in [-0.2, -0.15) is 10.2 Å². The number of aromatic nitrogens is 4. The van der Waals surface area contributed by atoms with Gasteiger partial charge in [0.2, 0.25) is 0 Å². The molecule has 0 unspecified atom stereocenters. The van der Waals surface area contributed by atoms with Crippen LogP contribution in [0.4, 0.5) is 5.82 Å². The monoisotopic (exact) mass is 493 g/mol. The number of benzene rings is 2. The fourth-order valence-electron chi connectivity index (χ4n) is 3.07. The summed E-state index contributed by atoms with van der Waals surface area (Å²) in [6.45, 7) is 2.30. The van der Waals surface area contributed by atoms with E-state index in [2.05, 4.69) is 31.4 Å². The molecule has 8 nitrogen and oxygen atoms in total. The first kappa shape index (κ1) is 21.5. The van der Waals surface area contributed by atoms with Crippen molar-refractivity contribution < 1.29 is 9.53 Å². The fraction of sp³-hybridized carbons (Fsp3) is 0.130. The zero-order chi connectivity index (χ0) is 22.5. The summed E-state index contributed by atoms with van der Waals surface area (Å²) in [4.78, 5) is 25.0. The molecule has 32 heavy (non-hydrogen) atoms. The van der Waals surface area contributed by atoms with Gasteiger partial charge in [-0.3, -0.25) is 9.59 Å². The Hall–Kier alpha value is -3.72. The Morgan fingerprint density at radius 3 is 2.62 bits per heavy atom. The summed E-state index contributed by atoms with van der Waals surface area (Å²) in [6, 6.07) is 21.4. The number of nitrogens with zero attached hydrogens (tertiary/aromatic N) is 4. The lowest BCUT2D eigenvalue weighted by molar-refractivity contribution is 0.101.